The molecule has 0 aliphatic carbocycles. The highest BCUT2D eigenvalue weighted by Gasteiger charge is 2.21. The van der Waals surface area contributed by atoms with E-state index in [9.17, 15) is 4.79 Å². The molecule has 4 nitrogen and oxygen atoms in total. The number of nitrogens with zero attached hydrogens (tertiary/aromatic N) is 2. The first kappa shape index (κ1) is 11.8. The molecule has 0 aliphatic rings. The summed E-state index contributed by atoms with van der Waals surface area (Å²) in [5, 5.41) is 2.82. The van der Waals surface area contributed by atoms with Crippen LogP contribution in [0.3, 0.4) is 0 Å². The molecular formula is C11H20N3O+. The molecule has 4 heteroatoms. The number of rotatable bonds is 5. The molecule has 1 N–H and O–H groups in total. The Morgan fingerprint density at radius 2 is 2.27 bits per heavy atom. The van der Waals surface area contributed by atoms with Gasteiger partial charge in [-0.2, -0.15) is 0 Å². The molecule has 0 aromatic carbocycles. The molecule has 0 radical (unpaired) electrons. The molecule has 1 aromatic heterocycles. The molecule has 0 saturated heterocycles. The maximum absolute atomic E-state index is 11.8. The van der Waals surface area contributed by atoms with Gasteiger partial charge >= 0.3 is 11.7 Å². The first-order valence-electron chi connectivity index (χ1n) is 5.53. The van der Waals surface area contributed by atoms with Crippen LogP contribution in [0.25, 0.3) is 0 Å². The lowest BCUT2D eigenvalue weighted by Crippen LogP contribution is -2.40. The molecule has 1 heterocycles. The number of carbonyl (C=O) groups excluding carboxylic acids is 1. The molecule has 0 bridgehead atoms. The van der Waals surface area contributed by atoms with E-state index in [1.54, 1.807) is 0 Å². The number of amides is 1. The summed E-state index contributed by atoms with van der Waals surface area (Å²) >= 11 is 0. The maximum atomic E-state index is 11.8. The number of hydrogen-bond acceptors (Lipinski definition) is 1. The van der Waals surface area contributed by atoms with Crippen LogP contribution in [-0.2, 0) is 13.6 Å². The molecule has 0 fully saturated rings. The van der Waals surface area contributed by atoms with E-state index in [-0.39, 0.29) is 5.91 Å². The normalized spacial score (nSPS) is 10.3. The lowest BCUT2D eigenvalue weighted by molar-refractivity contribution is -0.673. The molecule has 0 unspecified atom stereocenters. The van der Waals surface area contributed by atoms with Gasteiger partial charge in [-0.05, 0) is 13.3 Å². The van der Waals surface area contributed by atoms with E-state index in [1.165, 1.54) is 0 Å². The van der Waals surface area contributed by atoms with Crippen molar-refractivity contribution < 1.29 is 9.36 Å². The van der Waals surface area contributed by atoms with Gasteiger partial charge in [-0.15, -0.1) is 0 Å². The number of carbonyl (C=O) groups is 1. The van der Waals surface area contributed by atoms with Gasteiger partial charge in [0.15, 0.2) is 0 Å². The van der Waals surface area contributed by atoms with Crippen molar-refractivity contribution in [2.75, 3.05) is 6.54 Å². The SMILES string of the molecule is CCCCn1cc[n+](C)c1C(=O)NCC. The number of nitrogens with one attached hydrogen (secondary N) is 1. The summed E-state index contributed by atoms with van der Waals surface area (Å²) in [6, 6.07) is 0. The van der Waals surface area contributed by atoms with Crippen LogP contribution < -0.4 is 9.88 Å². The Balaban J connectivity index is 2.83. The van der Waals surface area contributed by atoms with Crippen LogP contribution in [0.2, 0.25) is 0 Å². The molecule has 1 amide bonds. The summed E-state index contributed by atoms with van der Waals surface area (Å²) in [6.07, 6.45) is 6.11. The highest BCUT2D eigenvalue weighted by molar-refractivity contribution is 5.89. The van der Waals surface area contributed by atoms with Gasteiger partial charge in [-0.25, -0.2) is 9.13 Å². The number of aromatic nitrogens is 2. The van der Waals surface area contributed by atoms with Gasteiger partial charge in [0.25, 0.3) is 0 Å². The molecule has 0 atom stereocenters. The van der Waals surface area contributed by atoms with Crippen molar-refractivity contribution in [2.45, 2.75) is 33.2 Å². The fourth-order valence-corrected chi connectivity index (χ4v) is 1.56. The van der Waals surface area contributed by atoms with Crippen molar-refractivity contribution in [2.24, 2.45) is 7.05 Å². The Hall–Kier alpha value is -1.32. The Morgan fingerprint density at radius 3 is 2.87 bits per heavy atom. The fraction of sp³-hybridized carbons (Fsp3) is 0.636. The second-order valence-corrected chi connectivity index (χ2v) is 3.64. The largest absolute Gasteiger partial charge is 0.347 e. The van der Waals surface area contributed by atoms with E-state index < -0.39 is 0 Å². The van der Waals surface area contributed by atoms with E-state index in [0.29, 0.717) is 6.54 Å². The average Bonchev–Trinajstić information content (AvgIpc) is 2.57. The quantitative estimate of drug-likeness (QED) is 0.719. The fourth-order valence-electron chi connectivity index (χ4n) is 1.56. The lowest BCUT2D eigenvalue weighted by Gasteiger charge is -2.02. The molecule has 0 aliphatic heterocycles. The number of imidazole rings is 1. The van der Waals surface area contributed by atoms with E-state index in [2.05, 4.69) is 12.2 Å². The number of aryl methyl sites for hydroxylation is 2. The summed E-state index contributed by atoms with van der Waals surface area (Å²) in [4.78, 5) is 11.8. The average molecular weight is 210 g/mol. The van der Waals surface area contributed by atoms with Gasteiger partial charge in [-0.3, -0.25) is 4.79 Å². The maximum Gasteiger partial charge on any atom is 0.347 e. The van der Waals surface area contributed by atoms with Crippen LogP contribution >= 0.6 is 0 Å². The molecule has 1 rings (SSSR count). The monoisotopic (exact) mass is 210 g/mol. The van der Waals surface area contributed by atoms with Crippen molar-refractivity contribution in [3.05, 3.63) is 18.2 Å². The van der Waals surface area contributed by atoms with Gasteiger partial charge in [0.1, 0.15) is 12.4 Å². The van der Waals surface area contributed by atoms with Crippen molar-refractivity contribution in [1.82, 2.24) is 9.88 Å². The number of unbranched alkanes of at least 4 members (excludes halogenated alkanes) is 1. The van der Waals surface area contributed by atoms with Crippen LogP contribution in [0, 0.1) is 0 Å². The van der Waals surface area contributed by atoms with Crippen LogP contribution in [0.1, 0.15) is 37.3 Å². The second-order valence-electron chi connectivity index (χ2n) is 3.64. The van der Waals surface area contributed by atoms with E-state index >= 15 is 0 Å². The smallest absolute Gasteiger partial charge is 0.346 e. The predicted octanol–water partition coefficient (Wildman–Crippen LogP) is 0.862. The Morgan fingerprint density at radius 1 is 1.53 bits per heavy atom. The molecular weight excluding hydrogens is 190 g/mol. The highest BCUT2D eigenvalue weighted by Crippen LogP contribution is 1.99. The Labute approximate surface area is 90.9 Å². The van der Waals surface area contributed by atoms with Gasteiger partial charge < -0.3 is 5.32 Å². The third kappa shape index (κ3) is 2.81. The van der Waals surface area contributed by atoms with Crippen LogP contribution in [0.5, 0.6) is 0 Å². The predicted molar refractivity (Wildman–Crippen MR) is 58.5 cm³/mol. The van der Waals surface area contributed by atoms with Crippen LogP contribution in [0.15, 0.2) is 12.4 Å². The standard InChI is InChI=1S/C11H19N3O/c1-4-6-7-14-9-8-13(3)11(14)10(15)12-5-2/h8-9H,4-7H2,1-3H3/p+1. The highest BCUT2D eigenvalue weighted by atomic mass is 16.2. The van der Waals surface area contributed by atoms with Crippen molar-refractivity contribution >= 4 is 5.91 Å². The minimum atomic E-state index is 0.00102. The number of hydrogen-bond donors (Lipinski definition) is 1. The van der Waals surface area contributed by atoms with Gasteiger partial charge in [0, 0.05) is 6.54 Å². The lowest BCUT2D eigenvalue weighted by atomic mass is 10.3. The molecule has 0 spiro atoms. The van der Waals surface area contributed by atoms with Crippen molar-refractivity contribution in [1.29, 1.82) is 0 Å². The zero-order chi connectivity index (χ0) is 11.3. The van der Waals surface area contributed by atoms with Crippen molar-refractivity contribution in [3.63, 3.8) is 0 Å². The Bertz CT molecular complexity index is 331. The third-order valence-electron chi connectivity index (χ3n) is 2.37. The third-order valence-corrected chi connectivity index (χ3v) is 2.37. The topological polar surface area (TPSA) is 37.9 Å². The summed E-state index contributed by atoms with van der Waals surface area (Å²) in [5.74, 6) is 0.728. The van der Waals surface area contributed by atoms with Gasteiger partial charge in [0.05, 0.1) is 13.6 Å². The summed E-state index contributed by atoms with van der Waals surface area (Å²) < 4.78 is 3.87. The first-order chi connectivity index (χ1) is 7.20. The molecule has 1 aromatic rings. The molecule has 0 saturated carbocycles. The zero-order valence-corrected chi connectivity index (χ0v) is 9.79. The van der Waals surface area contributed by atoms with E-state index in [1.807, 2.05) is 35.5 Å². The molecule has 84 valence electrons. The Kier molecular flexibility index (Phi) is 4.34. The minimum absolute atomic E-state index is 0.00102. The van der Waals surface area contributed by atoms with Crippen LogP contribution in [0.4, 0.5) is 0 Å². The summed E-state index contributed by atoms with van der Waals surface area (Å²) in [5.41, 5.74) is 0. The van der Waals surface area contributed by atoms with Crippen LogP contribution in [-0.4, -0.2) is 17.0 Å². The second kappa shape index (κ2) is 5.53. The summed E-state index contributed by atoms with van der Waals surface area (Å²) in [6.45, 7) is 5.65. The zero-order valence-electron chi connectivity index (χ0n) is 9.79. The minimum Gasteiger partial charge on any atom is -0.346 e. The van der Waals surface area contributed by atoms with E-state index in [0.717, 1.165) is 25.2 Å². The van der Waals surface area contributed by atoms with Gasteiger partial charge in [0.2, 0.25) is 0 Å². The van der Waals surface area contributed by atoms with E-state index in [4.69, 9.17) is 0 Å². The molecule has 15 heavy (non-hydrogen) atoms. The van der Waals surface area contributed by atoms with Crippen molar-refractivity contribution in [3.8, 4) is 0 Å². The van der Waals surface area contributed by atoms with Gasteiger partial charge in [-0.1, -0.05) is 13.3 Å². The first-order valence-corrected chi connectivity index (χ1v) is 5.53. The summed E-state index contributed by atoms with van der Waals surface area (Å²) in [7, 11) is 1.90.